The first-order valence-corrected chi connectivity index (χ1v) is 8.09. The molecular formula is C19H28O. The third kappa shape index (κ3) is 2.02. The molecule has 1 unspecified atom stereocenters. The summed E-state index contributed by atoms with van der Waals surface area (Å²) in [5, 5.41) is 10.4. The Labute approximate surface area is 123 Å². The lowest BCUT2D eigenvalue weighted by molar-refractivity contribution is 0.151. The van der Waals surface area contributed by atoms with E-state index in [2.05, 4.69) is 46.8 Å². The summed E-state index contributed by atoms with van der Waals surface area (Å²) in [4.78, 5) is 0. The second-order valence-electron chi connectivity index (χ2n) is 8.29. The second-order valence-corrected chi connectivity index (χ2v) is 8.29. The lowest BCUT2D eigenvalue weighted by Gasteiger charge is -2.43. The molecule has 110 valence electrons. The van der Waals surface area contributed by atoms with Gasteiger partial charge >= 0.3 is 0 Å². The highest BCUT2D eigenvalue weighted by Crippen LogP contribution is 2.49. The van der Waals surface area contributed by atoms with Gasteiger partial charge in [0.1, 0.15) is 0 Å². The fourth-order valence-electron chi connectivity index (χ4n) is 4.08. The molecule has 0 heterocycles. The van der Waals surface area contributed by atoms with Gasteiger partial charge in [0.05, 0.1) is 6.10 Å². The quantitative estimate of drug-likeness (QED) is 0.707. The summed E-state index contributed by atoms with van der Waals surface area (Å²) in [6.45, 7) is 11.8. The van der Waals surface area contributed by atoms with E-state index in [1.807, 2.05) is 0 Å². The third-order valence-electron chi connectivity index (χ3n) is 5.82. The van der Waals surface area contributed by atoms with Gasteiger partial charge in [-0.2, -0.15) is 0 Å². The van der Waals surface area contributed by atoms with Crippen LogP contribution in [0.2, 0.25) is 0 Å². The summed E-state index contributed by atoms with van der Waals surface area (Å²) in [7, 11) is 0. The zero-order valence-electron chi connectivity index (χ0n) is 13.6. The molecule has 1 aromatic carbocycles. The first kappa shape index (κ1) is 14.1. The summed E-state index contributed by atoms with van der Waals surface area (Å²) < 4.78 is 0. The van der Waals surface area contributed by atoms with Crippen LogP contribution in [0.25, 0.3) is 0 Å². The van der Waals surface area contributed by atoms with E-state index in [-0.39, 0.29) is 16.9 Å². The molecule has 2 aliphatic carbocycles. The largest absolute Gasteiger partial charge is 0.388 e. The van der Waals surface area contributed by atoms with Crippen LogP contribution in [-0.4, -0.2) is 5.11 Å². The lowest BCUT2D eigenvalue weighted by Crippen LogP contribution is -2.34. The Morgan fingerprint density at radius 1 is 0.900 bits per heavy atom. The normalized spacial score (nSPS) is 30.5. The minimum absolute atomic E-state index is 0.236. The molecule has 0 spiro atoms. The number of fused-ring (bicyclic) bond motifs is 2. The van der Waals surface area contributed by atoms with Crippen molar-refractivity contribution in [3.8, 4) is 0 Å². The van der Waals surface area contributed by atoms with Crippen LogP contribution in [0.1, 0.15) is 94.6 Å². The maximum Gasteiger partial charge on any atom is 0.0793 e. The fraction of sp³-hybridized carbons (Fsp3) is 0.684. The molecule has 0 aliphatic heterocycles. The molecule has 2 atom stereocenters. The minimum atomic E-state index is -0.257. The van der Waals surface area contributed by atoms with Crippen molar-refractivity contribution in [3.63, 3.8) is 0 Å². The van der Waals surface area contributed by atoms with Gasteiger partial charge in [-0.3, -0.25) is 0 Å². The standard InChI is InChI=1S/C19H28O/c1-12-6-7-17(20)14-11-16-15(10-13(12)14)18(2,3)8-9-19(16,4)5/h10-12,17,20H,6-9H2,1-5H3/t12?,17-/m0/s1. The molecule has 0 radical (unpaired) electrons. The van der Waals surface area contributed by atoms with Crippen LogP contribution < -0.4 is 0 Å². The number of hydrogen-bond acceptors (Lipinski definition) is 1. The van der Waals surface area contributed by atoms with Crippen LogP contribution in [0.4, 0.5) is 0 Å². The fourth-order valence-corrected chi connectivity index (χ4v) is 4.08. The van der Waals surface area contributed by atoms with Crippen molar-refractivity contribution >= 4 is 0 Å². The van der Waals surface area contributed by atoms with Crippen molar-refractivity contribution in [1.82, 2.24) is 0 Å². The van der Waals surface area contributed by atoms with E-state index in [0.29, 0.717) is 5.92 Å². The van der Waals surface area contributed by atoms with E-state index in [0.717, 1.165) is 12.8 Å². The Morgan fingerprint density at radius 2 is 1.40 bits per heavy atom. The van der Waals surface area contributed by atoms with Gasteiger partial charge in [0.2, 0.25) is 0 Å². The first-order chi connectivity index (χ1) is 9.22. The van der Waals surface area contributed by atoms with Crippen LogP contribution in [0.15, 0.2) is 12.1 Å². The monoisotopic (exact) mass is 272 g/mol. The average molecular weight is 272 g/mol. The van der Waals surface area contributed by atoms with Crippen LogP contribution in [-0.2, 0) is 10.8 Å². The zero-order chi connectivity index (χ0) is 14.7. The summed E-state index contributed by atoms with van der Waals surface area (Å²) in [6, 6.07) is 4.77. The summed E-state index contributed by atoms with van der Waals surface area (Å²) in [5.41, 5.74) is 6.10. The molecule has 0 saturated heterocycles. The molecular weight excluding hydrogens is 244 g/mol. The Bertz CT molecular complexity index is 490. The van der Waals surface area contributed by atoms with Gasteiger partial charge in [-0.05, 0) is 64.7 Å². The van der Waals surface area contributed by atoms with Crippen molar-refractivity contribution < 1.29 is 5.11 Å². The SMILES string of the molecule is CC1CC[C@H](O)c2cc3c(cc21)C(C)(C)CCC3(C)C. The molecule has 1 aromatic rings. The van der Waals surface area contributed by atoms with Crippen LogP contribution in [0.3, 0.4) is 0 Å². The molecule has 0 bridgehead atoms. The van der Waals surface area contributed by atoms with Crippen molar-refractivity contribution in [1.29, 1.82) is 0 Å². The average Bonchev–Trinajstić information content (AvgIpc) is 2.39. The Morgan fingerprint density at radius 3 is 1.95 bits per heavy atom. The number of rotatable bonds is 0. The number of hydrogen-bond donors (Lipinski definition) is 1. The second kappa shape index (κ2) is 4.34. The van der Waals surface area contributed by atoms with Crippen LogP contribution >= 0.6 is 0 Å². The number of aliphatic hydroxyl groups excluding tert-OH is 1. The lowest BCUT2D eigenvalue weighted by atomic mass is 9.61. The molecule has 1 heteroatoms. The van der Waals surface area contributed by atoms with Crippen molar-refractivity contribution in [3.05, 3.63) is 34.4 Å². The Kier molecular flexibility index (Phi) is 3.06. The highest BCUT2D eigenvalue weighted by Gasteiger charge is 2.39. The molecule has 1 nitrogen and oxygen atoms in total. The highest BCUT2D eigenvalue weighted by atomic mass is 16.3. The maximum atomic E-state index is 10.4. The highest BCUT2D eigenvalue weighted by molar-refractivity contribution is 5.49. The van der Waals surface area contributed by atoms with Crippen molar-refractivity contribution in [2.24, 2.45) is 0 Å². The smallest absolute Gasteiger partial charge is 0.0793 e. The molecule has 3 rings (SSSR count). The summed E-state index contributed by atoms with van der Waals surface area (Å²) >= 11 is 0. The minimum Gasteiger partial charge on any atom is -0.388 e. The van der Waals surface area contributed by atoms with E-state index < -0.39 is 0 Å². The van der Waals surface area contributed by atoms with E-state index in [1.165, 1.54) is 35.1 Å². The Hall–Kier alpha value is -0.820. The van der Waals surface area contributed by atoms with Gasteiger partial charge in [0, 0.05) is 0 Å². The Balaban J connectivity index is 2.25. The van der Waals surface area contributed by atoms with Gasteiger partial charge in [-0.15, -0.1) is 0 Å². The summed E-state index contributed by atoms with van der Waals surface area (Å²) in [6.07, 6.45) is 4.25. The molecule has 2 aliphatic rings. The van der Waals surface area contributed by atoms with Crippen molar-refractivity contribution in [2.45, 2.75) is 83.2 Å². The zero-order valence-corrected chi connectivity index (χ0v) is 13.6. The van der Waals surface area contributed by atoms with Gasteiger partial charge in [0.15, 0.2) is 0 Å². The molecule has 0 amide bonds. The molecule has 0 aromatic heterocycles. The predicted octanol–water partition coefficient (Wildman–Crippen LogP) is 4.97. The number of aliphatic hydroxyl groups is 1. The topological polar surface area (TPSA) is 20.2 Å². The molecule has 20 heavy (non-hydrogen) atoms. The number of benzene rings is 1. The van der Waals surface area contributed by atoms with Gasteiger partial charge in [-0.1, -0.05) is 46.8 Å². The van der Waals surface area contributed by atoms with Gasteiger partial charge in [0.25, 0.3) is 0 Å². The van der Waals surface area contributed by atoms with E-state index in [4.69, 9.17) is 0 Å². The third-order valence-corrected chi connectivity index (χ3v) is 5.82. The molecule has 0 fully saturated rings. The maximum absolute atomic E-state index is 10.4. The van der Waals surface area contributed by atoms with E-state index in [9.17, 15) is 5.11 Å². The molecule has 1 N–H and O–H groups in total. The van der Waals surface area contributed by atoms with E-state index >= 15 is 0 Å². The van der Waals surface area contributed by atoms with Gasteiger partial charge in [-0.25, -0.2) is 0 Å². The summed E-state index contributed by atoms with van der Waals surface area (Å²) in [5.74, 6) is 0.583. The van der Waals surface area contributed by atoms with E-state index in [1.54, 1.807) is 0 Å². The van der Waals surface area contributed by atoms with Crippen LogP contribution in [0, 0.1) is 0 Å². The molecule has 0 saturated carbocycles. The first-order valence-electron chi connectivity index (χ1n) is 8.09. The predicted molar refractivity (Wildman–Crippen MR) is 84.3 cm³/mol. The van der Waals surface area contributed by atoms with Crippen LogP contribution in [0.5, 0.6) is 0 Å². The van der Waals surface area contributed by atoms with Gasteiger partial charge < -0.3 is 5.11 Å². The van der Waals surface area contributed by atoms with Crippen molar-refractivity contribution in [2.75, 3.05) is 0 Å².